The molecule has 0 aliphatic carbocycles. The zero-order valence-electron chi connectivity index (χ0n) is 16.0. The standard InChI is InChI=1S/C20H17F2N5O3/c1-11(28)24-9-15-10-27(20(29)30-15)13-5-16(21)19(17(22)6-13)12-2-3-26-14(4-12)8-25-18(26)7-23/h2,5-6,8,15H,3-4,9-10H2,1H3,(H,24,28)/t15-/m0/s1. The molecular weight excluding hydrogens is 396 g/mol. The summed E-state index contributed by atoms with van der Waals surface area (Å²) in [4.78, 5) is 28.2. The molecule has 0 saturated carbocycles. The first-order chi connectivity index (χ1) is 14.4. The molecule has 1 aromatic carbocycles. The molecule has 2 amide bonds. The number of nitrogens with zero attached hydrogens (tertiary/aromatic N) is 4. The highest BCUT2D eigenvalue weighted by Gasteiger charge is 2.33. The molecule has 1 N–H and O–H groups in total. The van der Waals surface area contributed by atoms with Gasteiger partial charge in [0.25, 0.3) is 0 Å². The third-order valence-electron chi connectivity index (χ3n) is 5.04. The van der Waals surface area contributed by atoms with Crippen molar-refractivity contribution >= 4 is 23.3 Å². The van der Waals surface area contributed by atoms with E-state index in [1.807, 2.05) is 6.07 Å². The summed E-state index contributed by atoms with van der Waals surface area (Å²) in [6.07, 6.45) is 2.06. The second-order valence-corrected chi connectivity index (χ2v) is 7.04. The number of aromatic nitrogens is 2. The van der Waals surface area contributed by atoms with E-state index in [9.17, 15) is 18.4 Å². The predicted octanol–water partition coefficient (Wildman–Crippen LogP) is 2.13. The normalized spacial score (nSPS) is 17.8. The van der Waals surface area contributed by atoms with Crippen molar-refractivity contribution < 1.29 is 23.1 Å². The minimum absolute atomic E-state index is 0.0392. The number of carbonyl (C=O) groups is 2. The maximum absolute atomic E-state index is 14.9. The highest BCUT2D eigenvalue weighted by atomic mass is 19.1. The van der Waals surface area contributed by atoms with E-state index < -0.39 is 23.8 Å². The number of amides is 2. The van der Waals surface area contributed by atoms with E-state index in [0.29, 0.717) is 11.3 Å². The zero-order valence-corrected chi connectivity index (χ0v) is 16.0. The molecule has 1 aromatic heterocycles. The predicted molar refractivity (Wildman–Crippen MR) is 101 cm³/mol. The number of hydrogen-bond donors (Lipinski definition) is 1. The van der Waals surface area contributed by atoms with E-state index in [0.717, 1.165) is 17.0 Å². The molecule has 1 fully saturated rings. The molecule has 2 aliphatic rings. The molecule has 0 unspecified atom stereocenters. The quantitative estimate of drug-likeness (QED) is 0.828. The Balaban J connectivity index is 1.56. The van der Waals surface area contributed by atoms with Crippen molar-refractivity contribution in [2.24, 2.45) is 0 Å². The number of rotatable bonds is 4. The summed E-state index contributed by atoms with van der Waals surface area (Å²) >= 11 is 0. The van der Waals surface area contributed by atoms with Crippen LogP contribution < -0.4 is 10.2 Å². The number of cyclic esters (lactones) is 1. The Morgan fingerprint density at radius 2 is 2.13 bits per heavy atom. The number of anilines is 1. The smallest absolute Gasteiger partial charge is 0.414 e. The Kier molecular flexibility index (Phi) is 4.95. The lowest BCUT2D eigenvalue weighted by Crippen LogP contribution is -2.33. The van der Waals surface area contributed by atoms with Gasteiger partial charge in [0, 0.05) is 37.3 Å². The van der Waals surface area contributed by atoms with Crippen LogP contribution >= 0.6 is 0 Å². The summed E-state index contributed by atoms with van der Waals surface area (Å²) in [6.45, 7) is 1.81. The highest BCUT2D eigenvalue weighted by Crippen LogP contribution is 2.32. The average molecular weight is 413 g/mol. The Morgan fingerprint density at radius 3 is 2.80 bits per heavy atom. The van der Waals surface area contributed by atoms with Crippen LogP contribution in [0.2, 0.25) is 0 Å². The van der Waals surface area contributed by atoms with Crippen molar-refractivity contribution in [3.63, 3.8) is 0 Å². The first-order valence-electron chi connectivity index (χ1n) is 9.23. The topological polar surface area (TPSA) is 100 Å². The number of imidazole rings is 1. The van der Waals surface area contributed by atoms with E-state index in [1.54, 1.807) is 10.6 Å². The molecule has 2 aromatic rings. The van der Waals surface area contributed by atoms with Crippen LogP contribution in [0.1, 0.15) is 24.0 Å². The molecule has 1 saturated heterocycles. The van der Waals surface area contributed by atoms with Crippen LogP contribution in [0.3, 0.4) is 0 Å². The molecule has 4 rings (SSSR count). The van der Waals surface area contributed by atoms with Crippen LogP contribution in [0.4, 0.5) is 19.3 Å². The van der Waals surface area contributed by atoms with Crippen molar-refractivity contribution in [2.45, 2.75) is 26.0 Å². The molecule has 8 nitrogen and oxygen atoms in total. The van der Waals surface area contributed by atoms with Crippen LogP contribution in [-0.2, 0) is 22.5 Å². The minimum atomic E-state index is -0.803. The van der Waals surface area contributed by atoms with E-state index in [1.165, 1.54) is 13.1 Å². The lowest BCUT2D eigenvalue weighted by atomic mass is 9.97. The molecule has 2 aliphatic heterocycles. The van der Waals surface area contributed by atoms with Gasteiger partial charge in [0.2, 0.25) is 11.7 Å². The molecule has 154 valence electrons. The van der Waals surface area contributed by atoms with Gasteiger partial charge < -0.3 is 14.6 Å². The van der Waals surface area contributed by atoms with Gasteiger partial charge in [0.15, 0.2) is 0 Å². The second kappa shape index (κ2) is 7.59. The van der Waals surface area contributed by atoms with E-state index in [4.69, 9.17) is 10.00 Å². The van der Waals surface area contributed by atoms with Gasteiger partial charge in [-0.15, -0.1) is 0 Å². The van der Waals surface area contributed by atoms with Gasteiger partial charge in [-0.05, 0) is 17.7 Å². The fourth-order valence-electron chi connectivity index (χ4n) is 3.62. The second-order valence-electron chi connectivity index (χ2n) is 7.04. The van der Waals surface area contributed by atoms with Gasteiger partial charge in [-0.25, -0.2) is 18.6 Å². The number of carbonyl (C=O) groups excluding carboxylic acids is 2. The third kappa shape index (κ3) is 3.50. The largest absolute Gasteiger partial charge is 0.442 e. The first kappa shape index (κ1) is 19.6. The van der Waals surface area contributed by atoms with Crippen LogP contribution in [-0.4, -0.2) is 40.7 Å². The maximum atomic E-state index is 14.9. The van der Waals surface area contributed by atoms with Gasteiger partial charge in [-0.3, -0.25) is 9.69 Å². The Bertz CT molecular complexity index is 1100. The molecule has 30 heavy (non-hydrogen) atoms. The third-order valence-corrected chi connectivity index (χ3v) is 5.04. The van der Waals surface area contributed by atoms with Gasteiger partial charge in [0.05, 0.1) is 18.8 Å². The number of benzene rings is 1. The van der Waals surface area contributed by atoms with Crippen molar-refractivity contribution in [3.05, 3.63) is 53.1 Å². The Labute approximate surface area is 170 Å². The SMILES string of the molecule is CC(=O)NC[C@H]1CN(c2cc(F)c(C3=CCn4c(cnc4C#N)C3)c(F)c2)C(=O)O1. The molecule has 10 heteroatoms. The number of fused-ring (bicyclic) bond motifs is 1. The number of nitrogens with one attached hydrogen (secondary N) is 1. The van der Waals surface area contributed by atoms with E-state index in [-0.39, 0.29) is 49.0 Å². The Hall–Kier alpha value is -3.74. The molecule has 0 radical (unpaired) electrons. The monoisotopic (exact) mass is 413 g/mol. The molecule has 3 heterocycles. The van der Waals surface area contributed by atoms with Crippen LogP contribution in [0.15, 0.2) is 24.4 Å². The van der Waals surface area contributed by atoms with Crippen LogP contribution in [0.25, 0.3) is 5.57 Å². The number of ether oxygens (including phenoxy) is 1. The Morgan fingerprint density at radius 1 is 1.40 bits per heavy atom. The summed E-state index contributed by atoms with van der Waals surface area (Å²) in [7, 11) is 0. The van der Waals surface area contributed by atoms with Crippen molar-refractivity contribution in [1.29, 1.82) is 5.26 Å². The molecule has 0 spiro atoms. The van der Waals surface area contributed by atoms with E-state index >= 15 is 0 Å². The molecule has 0 bridgehead atoms. The van der Waals surface area contributed by atoms with Gasteiger partial charge in [-0.2, -0.15) is 5.26 Å². The zero-order chi connectivity index (χ0) is 21.4. The van der Waals surface area contributed by atoms with Crippen molar-refractivity contribution in [1.82, 2.24) is 14.9 Å². The summed E-state index contributed by atoms with van der Waals surface area (Å²) < 4.78 is 36.6. The average Bonchev–Trinajstić information content (AvgIpc) is 3.28. The summed E-state index contributed by atoms with van der Waals surface area (Å²) in [5, 5.41) is 11.6. The number of halogens is 2. The molecule has 1 atom stereocenters. The van der Waals surface area contributed by atoms with Gasteiger partial charge in [0.1, 0.15) is 23.8 Å². The van der Waals surface area contributed by atoms with Crippen molar-refractivity contribution in [2.75, 3.05) is 18.0 Å². The summed E-state index contributed by atoms with van der Waals surface area (Å²) in [5.74, 6) is -1.63. The fourth-order valence-corrected chi connectivity index (χ4v) is 3.62. The van der Waals surface area contributed by atoms with Gasteiger partial charge in [-0.1, -0.05) is 6.08 Å². The lowest BCUT2D eigenvalue weighted by molar-refractivity contribution is -0.119. The van der Waals surface area contributed by atoms with Crippen LogP contribution in [0.5, 0.6) is 0 Å². The van der Waals surface area contributed by atoms with Gasteiger partial charge >= 0.3 is 6.09 Å². The minimum Gasteiger partial charge on any atom is -0.442 e. The maximum Gasteiger partial charge on any atom is 0.414 e. The van der Waals surface area contributed by atoms with Crippen molar-refractivity contribution in [3.8, 4) is 6.07 Å². The number of hydrogen-bond acceptors (Lipinski definition) is 5. The lowest BCUT2D eigenvalue weighted by Gasteiger charge is -2.19. The fraction of sp³-hybridized carbons (Fsp3) is 0.300. The number of allylic oxidation sites excluding steroid dienone is 2. The first-order valence-corrected chi connectivity index (χ1v) is 9.23. The molecular formula is C20H17F2N5O3. The van der Waals surface area contributed by atoms with E-state index in [2.05, 4.69) is 10.3 Å². The summed E-state index contributed by atoms with van der Waals surface area (Å²) in [6, 6.07) is 4.16. The summed E-state index contributed by atoms with van der Waals surface area (Å²) in [5.41, 5.74) is 1.00. The highest BCUT2D eigenvalue weighted by molar-refractivity contribution is 5.90. The number of nitriles is 1. The van der Waals surface area contributed by atoms with Crippen LogP contribution in [0, 0.1) is 23.0 Å².